The van der Waals surface area contributed by atoms with E-state index in [4.69, 9.17) is 4.74 Å². The van der Waals surface area contributed by atoms with E-state index in [1.54, 1.807) is 0 Å². The average molecular weight is 322 g/mol. The van der Waals surface area contributed by atoms with Crippen molar-refractivity contribution < 1.29 is 9.53 Å². The number of aryl methyl sites for hydroxylation is 1. The van der Waals surface area contributed by atoms with Crippen LogP contribution in [-0.4, -0.2) is 22.7 Å². The van der Waals surface area contributed by atoms with Crippen molar-refractivity contribution in [2.75, 3.05) is 11.9 Å². The molecule has 0 saturated carbocycles. The van der Waals surface area contributed by atoms with Crippen LogP contribution >= 0.6 is 0 Å². The minimum atomic E-state index is -0.692. The van der Waals surface area contributed by atoms with Gasteiger partial charge in [-0.15, -0.1) is 0 Å². The van der Waals surface area contributed by atoms with E-state index in [-0.39, 0.29) is 5.97 Å². The number of nitrogens with zero attached hydrogens (tertiary/aromatic N) is 1. The molecule has 0 amide bonds. The van der Waals surface area contributed by atoms with E-state index in [0.29, 0.717) is 13.0 Å². The van der Waals surface area contributed by atoms with Gasteiger partial charge in [-0.3, -0.25) is 0 Å². The number of nitrogens with one attached hydrogen (secondary N) is 1. The summed E-state index contributed by atoms with van der Waals surface area (Å²) in [6, 6.07) is 12.8. The average Bonchev–Trinajstić information content (AvgIpc) is 3.09. The molecule has 1 aromatic heterocycles. The van der Waals surface area contributed by atoms with Gasteiger partial charge in [0.15, 0.2) is 0 Å². The van der Waals surface area contributed by atoms with Gasteiger partial charge in [0.05, 0.1) is 12.1 Å². The number of para-hydroxylation sites is 1. The van der Waals surface area contributed by atoms with Crippen molar-refractivity contribution in [1.29, 1.82) is 0 Å². The van der Waals surface area contributed by atoms with Gasteiger partial charge in [0.2, 0.25) is 0 Å². The Balaban J connectivity index is 1.95. The molecule has 2 aromatic carbocycles. The number of rotatable bonds is 3. The van der Waals surface area contributed by atoms with Crippen molar-refractivity contribution in [2.24, 2.45) is 0 Å². The Kier molecular flexibility index (Phi) is 3.30. The molecule has 4 rings (SSSR count). The van der Waals surface area contributed by atoms with Gasteiger partial charge in [-0.05, 0) is 38.5 Å². The minimum Gasteiger partial charge on any atom is -0.464 e. The zero-order chi connectivity index (χ0) is 16.9. The number of aromatic nitrogens is 1. The number of esters is 1. The van der Waals surface area contributed by atoms with Gasteiger partial charge in [-0.1, -0.05) is 24.3 Å². The van der Waals surface area contributed by atoms with Crippen LogP contribution in [0.2, 0.25) is 0 Å². The number of hydrogen-bond donors (Lipinski definition) is 1. The lowest BCUT2D eigenvalue weighted by molar-refractivity contribution is -0.147. The summed E-state index contributed by atoms with van der Waals surface area (Å²) in [5.74, 6) is -0.187. The summed E-state index contributed by atoms with van der Waals surface area (Å²) in [6.07, 6.45) is 0.655. The topological polar surface area (TPSA) is 43.3 Å². The first-order chi connectivity index (χ1) is 11.6. The highest BCUT2D eigenvalue weighted by molar-refractivity contribution is 6.16. The second kappa shape index (κ2) is 5.26. The Morgan fingerprint density at radius 1 is 1.21 bits per heavy atom. The van der Waals surface area contributed by atoms with E-state index in [2.05, 4.69) is 53.2 Å². The van der Waals surface area contributed by atoms with Crippen LogP contribution < -0.4 is 5.32 Å². The van der Waals surface area contributed by atoms with Gasteiger partial charge in [0, 0.05) is 34.9 Å². The molecule has 3 aromatic rings. The lowest BCUT2D eigenvalue weighted by atomic mass is 9.97. The van der Waals surface area contributed by atoms with Crippen LogP contribution in [0.15, 0.2) is 36.4 Å². The first kappa shape index (κ1) is 15.1. The number of carbonyl (C=O) groups excluding carboxylic acids is 1. The van der Waals surface area contributed by atoms with Crippen LogP contribution in [-0.2, 0) is 22.5 Å². The van der Waals surface area contributed by atoms with E-state index in [0.717, 1.165) is 12.2 Å². The Morgan fingerprint density at radius 3 is 2.75 bits per heavy atom. The van der Waals surface area contributed by atoms with Crippen molar-refractivity contribution in [1.82, 2.24) is 4.57 Å². The zero-order valence-corrected chi connectivity index (χ0v) is 14.3. The Labute approximate surface area is 141 Å². The second-order valence-electron chi connectivity index (χ2n) is 6.61. The highest BCUT2D eigenvalue weighted by Crippen LogP contribution is 2.42. The highest BCUT2D eigenvalue weighted by Gasteiger charge is 2.41. The van der Waals surface area contributed by atoms with Crippen LogP contribution in [0.3, 0.4) is 0 Å². The molecule has 24 heavy (non-hydrogen) atoms. The largest absolute Gasteiger partial charge is 0.464 e. The highest BCUT2D eigenvalue weighted by atomic mass is 16.5. The molecule has 4 heteroatoms. The number of anilines is 1. The molecule has 0 spiro atoms. The lowest BCUT2D eigenvalue weighted by Crippen LogP contribution is -2.43. The Hall–Kier alpha value is -2.49. The van der Waals surface area contributed by atoms with Crippen LogP contribution in [0.4, 0.5) is 5.69 Å². The van der Waals surface area contributed by atoms with Gasteiger partial charge >= 0.3 is 5.97 Å². The zero-order valence-electron chi connectivity index (χ0n) is 14.3. The summed E-state index contributed by atoms with van der Waals surface area (Å²) in [7, 11) is 0. The molecule has 4 nitrogen and oxygen atoms in total. The maximum Gasteiger partial charge on any atom is 0.331 e. The van der Waals surface area contributed by atoms with Gasteiger partial charge in [0.1, 0.15) is 5.54 Å². The van der Waals surface area contributed by atoms with E-state index in [1.807, 2.05) is 13.8 Å². The molecule has 0 aliphatic carbocycles. The van der Waals surface area contributed by atoms with Crippen molar-refractivity contribution in [3.05, 3.63) is 42.0 Å². The number of carbonyl (C=O) groups is 1. The Bertz CT molecular complexity index is 957. The molecule has 124 valence electrons. The summed E-state index contributed by atoms with van der Waals surface area (Å²) in [5, 5.41) is 5.92. The SMILES string of the molecule is CCOC(=O)C1(C)Cc2ccc3c(c2N1)c1ccccc1n3CC. The maximum absolute atomic E-state index is 12.4. The summed E-state index contributed by atoms with van der Waals surface area (Å²) < 4.78 is 7.61. The van der Waals surface area contributed by atoms with Crippen molar-refractivity contribution in [3.63, 3.8) is 0 Å². The van der Waals surface area contributed by atoms with E-state index >= 15 is 0 Å². The van der Waals surface area contributed by atoms with Crippen molar-refractivity contribution >= 4 is 33.5 Å². The lowest BCUT2D eigenvalue weighted by Gasteiger charge is -2.22. The van der Waals surface area contributed by atoms with E-state index in [9.17, 15) is 4.79 Å². The van der Waals surface area contributed by atoms with Crippen molar-refractivity contribution in [2.45, 2.75) is 39.3 Å². The van der Waals surface area contributed by atoms with E-state index in [1.165, 1.54) is 27.4 Å². The number of ether oxygens (including phenoxy) is 1. The fourth-order valence-electron chi connectivity index (χ4n) is 3.93. The summed E-state index contributed by atoms with van der Waals surface area (Å²) in [4.78, 5) is 12.4. The minimum absolute atomic E-state index is 0.187. The predicted molar refractivity (Wildman–Crippen MR) is 97.5 cm³/mol. The van der Waals surface area contributed by atoms with Gasteiger partial charge < -0.3 is 14.6 Å². The van der Waals surface area contributed by atoms with Crippen molar-refractivity contribution in [3.8, 4) is 0 Å². The first-order valence-electron chi connectivity index (χ1n) is 8.57. The van der Waals surface area contributed by atoms with Gasteiger partial charge in [0.25, 0.3) is 0 Å². The molecule has 1 aliphatic rings. The Morgan fingerprint density at radius 2 is 2.00 bits per heavy atom. The summed E-state index contributed by atoms with van der Waals surface area (Å²) in [6.45, 7) is 7.25. The maximum atomic E-state index is 12.4. The number of fused-ring (bicyclic) bond motifs is 5. The fourth-order valence-corrected chi connectivity index (χ4v) is 3.93. The molecule has 0 saturated heterocycles. The summed E-state index contributed by atoms with van der Waals surface area (Å²) in [5.41, 5.74) is 4.00. The van der Waals surface area contributed by atoms with E-state index < -0.39 is 5.54 Å². The molecule has 0 radical (unpaired) electrons. The second-order valence-corrected chi connectivity index (χ2v) is 6.61. The first-order valence-corrected chi connectivity index (χ1v) is 8.57. The number of benzene rings is 2. The third-order valence-corrected chi connectivity index (χ3v) is 5.01. The quantitative estimate of drug-likeness (QED) is 0.738. The molecule has 1 unspecified atom stereocenters. The van der Waals surface area contributed by atoms with Gasteiger partial charge in [-0.25, -0.2) is 4.79 Å². The normalized spacial score (nSPS) is 19.5. The third-order valence-electron chi connectivity index (χ3n) is 5.01. The molecule has 0 fully saturated rings. The standard InChI is InChI=1S/C20H22N2O2/c1-4-22-15-9-7-6-8-14(15)17-16(22)11-10-13-12-20(3,21-18(13)17)19(23)24-5-2/h6-11,21H,4-5,12H2,1-3H3. The molecule has 2 heterocycles. The molecule has 1 aliphatic heterocycles. The van der Waals surface area contributed by atoms with Crippen LogP contribution in [0.5, 0.6) is 0 Å². The molecule has 0 bridgehead atoms. The fraction of sp³-hybridized carbons (Fsp3) is 0.350. The molecule has 1 N–H and O–H groups in total. The van der Waals surface area contributed by atoms with Crippen LogP contribution in [0.1, 0.15) is 26.3 Å². The smallest absolute Gasteiger partial charge is 0.331 e. The van der Waals surface area contributed by atoms with Crippen LogP contribution in [0, 0.1) is 0 Å². The number of hydrogen-bond acceptors (Lipinski definition) is 3. The monoisotopic (exact) mass is 322 g/mol. The van der Waals surface area contributed by atoms with Gasteiger partial charge in [-0.2, -0.15) is 0 Å². The van der Waals surface area contributed by atoms with Crippen LogP contribution in [0.25, 0.3) is 21.8 Å². The molecule has 1 atom stereocenters. The predicted octanol–water partition coefficient (Wildman–Crippen LogP) is 4.10. The third kappa shape index (κ3) is 1.95. The summed E-state index contributed by atoms with van der Waals surface area (Å²) >= 11 is 0. The molecular weight excluding hydrogens is 300 g/mol. The molecular formula is C20H22N2O2.